The van der Waals surface area contributed by atoms with Gasteiger partial charge in [-0.3, -0.25) is 14.5 Å². The molecule has 5 rings (SSSR count). The third-order valence-electron chi connectivity index (χ3n) is 8.27. The summed E-state index contributed by atoms with van der Waals surface area (Å²) in [4.78, 5) is 27.3. The van der Waals surface area contributed by atoms with Crippen LogP contribution in [-0.4, -0.2) is 32.3 Å². The first kappa shape index (κ1) is 29.4. The Balaban J connectivity index is 1.46. The number of carbonyl (C=O) groups is 2. The lowest BCUT2D eigenvalue weighted by Crippen LogP contribution is -2.44. The normalized spacial score (nSPS) is 13.3. The lowest BCUT2D eigenvalue weighted by Gasteiger charge is -2.23. The molecule has 42 heavy (non-hydrogen) atoms. The molecule has 0 saturated carbocycles. The molecule has 2 amide bonds. The number of amides is 2. The van der Waals surface area contributed by atoms with Crippen molar-refractivity contribution in [1.29, 1.82) is 0 Å². The van der Waals surface area contributed by atoms with Gasteiger partial charge in [0.05, 0.1) is 17.7 Å². The van der Waals surface area contributed by atoms with Crippen LogP contribution in [-0.2, 0) is 17.5 Å². The minimum Gasteiger partial charge on any atom is -0.407 e. The molecule has 5 heteroatoms. The van der Waals surface area contributed by atoms with Crippen LogP contribution in [0.2, 0.25) is 0 Å². The number of imide groups is 1. The quantitative estimate of drug-likeness (QED) is 0.154. The summed E-state index contributed by atoms with van der Waals surface area (Å²) < 4.78 is 6.84. The zero-order valence-electron chi connectivity index (χ0n) is 25.0. The predicted octanol–water partition coefficient (Wildman–Crippen LogP) is 6.40. The summed E-state index contributed by atoms with van der Waals surface area (Å²) in [6.07, 6.45) is 5.23. The van der Waals surface area contributed by atoms with E-state index in [-0.39, 0.29) is 18.4 Å². The van der Waals surface area contributed by atoms with Crippen LogP contribution < -0.4 is 10.4 Å². The Morgan fingerprint density at radius 3 is 1.93 bits per heavy atom. The van der Waals surface area contributed by atoms with E-state index in [4.69, 9.17) is 4.43 Å². The van der Waals surface area contributed by atoms with E-state index < -0.39 is 9.04 Å². The number of fused-ring (bicyclic) bond motifs is 1. The van der Waals surface area contributed by atoms with Gasteiger partial charge in [-0.15, -0.1) is 0 Å². The summed E-state index contributed by atoms with van der Waals surface area (Å²) in [6, 6.07) is 30.5. The molecule has 0 N–H and O–H groups in total. The molecule has 1 heterocycles. The fourth-order valence-electron chi connectivity index (χ4n) is 5.99. The molecule has 0 aliphatic carbocycles. The fraction of sp³-hybridized carbons (Fsp3) is 0.243. The Bertz CT molecular complexity index is 1540. The molecule has 0 atom stereocenters. The van der Waals surface area contributed by atoms with Gasteiger partial charge in [-0.1, -0.05) is 98.3 Å². The molecule has 4 aromatic carbocycles. The lowest BCUT2D eigenvalue weighted by molar-refractivity contribution is 0.0672. The number of benzene rings is 4. The van der Waals surface area contributed by atoms with Crippen molar-refractivity contribution in [2.45, 2.75) is 53.6 Å². The fourth-order valence-corrected chi connectivity index (χ4v) is 8.23. The van der Waals surface area contributed by atoms with Crippen molar-refractivity contribution >= 4 is 36.8 Å². The minimum absolute atomic E-state index is 0.224. The van der Waals surface area contributed by atoms with E-state index in [0.29, 0.717) is 17.7 Å². The molecular formula is C37H39NO3Si. The molecule has 4 nitrogen and oxygen atoms in total. The van der Waals surface area contributed by atoms with E-state index in [1.54, 1.807) is 24.3 Å². The molecule has 0 saturated heterocycles. The number of aryl methyl sites for hydroxylation is 2. The first-order chi connectivity index (χ1) is 20.4. The van der Waals surface area contributed by atoms with Gasteiger partial charge in [0.1, 0.15) is 0 Å². The molecule has 0 bridgehead atoms. The Morgan fingerprint density at radius 2 is 1.38 bits per heavy atom. The Morgan fingerprint density at radius 1 is 0.833 bits per heavy atom. The molecular weight excluding hydrogens is 534 g/mol. The average Bonchev–Trinajstić information content (AvgIpc) is 3.26. The summed E-state index contributed by atoms with van der Waals surface area (Å²) in [5.41, 5.74) is 8.24. The van der Waals surface area contributed by atoms with Crippen LogP contribution in [0.3, 0.4) is 0 Å². The number of hydrogen-bond acceptors (Lipinski definition) is 3. The van der Waals surface area contributed by atoms with Crippen molar-refractivity contribution in [1.82, 2.24) is 4.90 Å². The molecule has 0 radical (unpaired) electrons. The molecule has 0 unspecified atom stereocenters. The summed E-state index contributed by atoms with van der Waals surface area (Å²) >= 11 is 0. The third kappa shape index (κ3) is 6.08. The van der Waals surface area contributed by atoms with Crippen molar-refractivity contribution in [2.75, 3.05) is 6.54 Å². The van der Waals surface area contributed by atoms with E-state index >= 15 is 0 Å². The Kier molecular flexibility index (Phi) is 9.30. The van der Waals surface area contributed by atoms with Crippen LogP contribution in [0.5, 0.6) is 0 Å². The highest BCUT2D eigenvalue weighted by molar-refractivity contribution is 6.80. The van der Waals surface area contributed by atoms with Gasteiger partial charge in [-0.2, -0.15) is 0 Å². The number of rotatable bonds is 11. The van der Waals surface area contributed by atoms with E-state index in [0.717, 1.165) is 24.8 Å². The summed E-state index contributed by atoms with van der Waals surface area (Å²) in [7, 11) is -1.90. The number of allylic oxidation sites excluding steroid dienone is 1. The van der Waals surface area contributed by atoms with Gasteiger partial charge in [-0.25, -0.2) is 0 Å². The zero-order chi connectivity index (χ0) is 29.6. The van der Waals surface area contributed by atoms with Crippen LogP contribution in [0.4, 0.5) is 0 Å². The topological polar surface area (TPSA) is 46.6 Å². The van der Waals surface area contributed by atoms with Gasteiger partial charge >= 0.3 is 0 Å². The van der Waals surface area contributed by atoms with Crippen LogP contribution in [0, 0.1) is 13.8 Å². The highest BCUT2D eigenvalue weighted by Gasteiger charge is 2.34. The molecule has 1 aliphatic rings. The van der Waals surface area contributed by atoms with Crippen LogP contribution >= 0.6 is 0 Å². The lowest BCUT2D eigenvalue weighted by atomic mass is 9.87. The number of carbonyl (C=O) groups excluding carboxylic acids is 2. The number of nitrogens with zero attached hydrogens (tertiary/aromatic N) is 1. The van der Waals surface area contributed by atoms with Gasteiger partial charge in [0.15, 0.2) is 0 Å². The summed E-state index contributed by atoms with van der Waals surface area (Å²) in [6.45, 7) is 9.47. The molecule has 0 fully saturated rings. The van der Waals surface area contributed by atoms with Crippen molar-refractivity contribution in [2.24, 2.45) is 0 Å². The largest absolute Gasteiger partial charge is 0.407 e. The van der Waals surface area contributed by atoms with E-state index in [1.165, 1.54) is 43.1 Å². The highest BCUT2D eigenvalue weighted by atomic mass is 28.3. The monoisotopic (exact) mass is 573 g/mol. The second kappa shape index (κ2) is 13.3. The molecule has 0 spiro atoms. The van der Waals surface area contributed by atoms with Gasteiger partial charge in [0.25, 0.3) is 11.8 Å². The van der Waals surface area contributed by atoms with Gasteiger partial charge in [0.2, 0.25) is 9.04 Å². The van der Waals surface area contributed by atoms with Crippen molar-refractivity contribution in [3.63, 3.8) is 0 Å². The van der Waals surface area contributed by atoms with Crippen LogP contribution in [0.1, 0.15) is 75.2 Å². The molecule has 4 aromatic rings. The van der Waals surface area contributed by atoms with Gasteiger partial charge in [-0.05, 0) is 89.5 Å². The van der Waals surface area contributed by atoms with E-state index in [9.17, 15) is 9.59 Å². The smallest absolute Gasteiger partial charge is 0.261 e. The van der Waals surface area contributed by atoms with Crippen molar-refractivity contribution < 1.29 is 14.0 Å². The van der Waals surface area contributed by atoms with Crippen LogP contribution in [0.25, 0.3) is 5.57 Å². The standard InChI is InChI=1S/C37H39NO3Si/c1-5-6-15-29-24-27(3)34(25-41-42(30-16-9-7-10-17-30)31-18-11-8-12-19-31)28(4)35(29)26(2)22-23-38-36(39)32-20-13-14-21-33(32)37(38)40/h7-14,16-22,24,42H,5-6,15,23,25H2,1-4H3/b26-22-. The van der Waals surface area contributed by atoms with E-state index in [1.807, 2.05) is 18.2 Å². The van der Waals surface area contributed by atoms with E-state index in [2.05, 4.69) is 82.3 Å². The maximum Gasteiger partial charge on any atom is 0.261 e. The highest BCUT2D eigenvalue weighted by Crippen LogP contribution is 2.31. The van der Waals surface area contributed by atoms with Gasteiger partial charge in [0, 0.05) is 6.54 Å². The maximum absolute atomic E-state index is 13.0. The first-order valence-corrected chi connectivity index (χ1v) is 16.5. The maximum atomic E-state index is 13.0. The second-order valence-corrected chi connectivity index (χ2v) is 13.5. The molecule has 1 aliphatic heterocycles. The first-order valence-electron chi connectivity index (χ1n) is 14.9. The van der Waals surface area contributed by atoms with Gasteiger partial charge < -0.3 is 4.43 Å². The Labute approximate surface area is 251 Å². The number of hydrogen-bond donors (Lipinski definition) is 0. The zero-order valence-corrected chi connectivity index (χ0v) is 26.2. The summed E-state index contributed by atoms with van der Waals surface area (Å²) in [5.74, 6) is -0.447. The Hall–Kier alpha value is -4.06. The van der Waals surface area contributed by atoms with Crippen molar-refractivity contribution in [3.05, 3.63) is 136 Å². The van der Waals surface area contributed by atoms with Crippen LogP contribution in [0.15, 0.2) is 97.1 Å². The predicted molar refractivity (Wildman–Crippen MR) is 174 cm³/mol. The number of unbranched alkanes of at least 4 members (excludes halogenated alkanes) is 1. The third-order valence-corrected chi connectivity index (χ3v) is 10.7. The SMILES string of the molecule is CCCCc1cc(C)c(CO[SiH](c2ccccc2)c2ccccc2)c(C)c1/C(C)=C\CN1C(=O)c2ccccc2C1=O. The molecule has 214 valence electrons. The average molecular weight is 574 g/mol. The van der Waals surface area contributed by atoms with Crippen molar-refractivity contribution in [3.8, 4) is 0 Å². The second-order valence-electron chi connectivity index (χ2n) is 11.1. The summed E-state index contributed by atoms with van der Waals surface area (Å²) in [5, 5.41) is 2.52. The molecule has 0 aromatic heterocycles. The minimum atomic E-state index is -1.90.